The van der Waals surface area contributed by atoms with Gasteiger partial charge in [-0.3, -0.25) is 14.8 Å². The number of aryl methyl sites for hydroxylation is 2. The third-order valence-electron chi connectivity index (χ3n) is 13.1. The lowest BCUT2D eigenvalue weighted by atomic mass is 9.81. The van der Waals surface area contributed by atoms with Crippen LogP contribution >= 0.6 is 0 Å². The number of ether oxygens (including phenoxy) is 2. The Morgan fingerprint density at radius 2 is 1.10 bits per heavy atom. The zero-order chi connectivity index (χ0) is 42.8. The SMILES string of the molecule is CCc1nccnc1Oc1ccc2c(c1)C(O)CC21CCN(c2cc(F)cnc2C(=O)c2ncc(F)cc2N2CCC3(CC(O)c4cc(Oc5nccnc5CC)ccc43)C2)C1. The fraction of sp³-hybridized carbons (Fsp3) is 0.340. The van der Waals surface area contributed by atoms with E-state index in [1.165, 1.54) is 12.1 Å². The first kappa shape index (κ1) is 39.7. The number of hydrogen-bond acceptors (Lipinski definition) is 13. The van der Waals surface area contributed by atoms with Gasteiger partial charge in [0.25, 0.3) is 0 Å². The fourth-order valence-corrected chi connectivity index (χ4v) is 10.2. The summed E-state index contributed by atoms with van der Waals surface area (Å²) in [6, 6.07) is 14.0. The highest BCUT2D eigenvalue weighted by Gasteiger charge is 2.50. The van der Waals surface area contributed by atoms with Crippen molar-refractivity contribution >= 4 is 17.2 Å². The number of benzene rings is 2. The first-order chi connectivity index (χ1) is 30.1. The summed E-state index contributed by atoms with van der Waals surface area (Å²) in [5, 5.41) is 22.8. The molecule has 2 aromatic carbocycles. The summed E-state index contributed by atoms with van der Waals surface area (Å²) < 4.78 is 42.4. The van der Waals surface area contributed by atoms with E-state index in [9.17, 15) is 15.0 Å². The van der Waals surface area contributed by atoms with E-state index in [0.29, 0.717) is 99.3 Å². The molecular weight excluding hydrogens is 795 g/mol. The lowest BCUT2D eigenvalue weighted by molar-refractivity contribution is 0.103. The van der Waals surface area contributed by atoms with E-state index in [-0.39, 0.29) is 11.4 Å². The molecule has 0 radical (unpaired) electrons. The third-order valence-corrected chi connectivity index (χ3v) is 13.1. The largest absolute Gasteiger partial charge is 0.437 e. The van der Waals surface area contributed by atoms with Crippen molar-refractivity contribution in [3.8, 4) is 23.3 Å². The molecule has 316 valence electrons. The number of fused-ring (bicyclic) bond motifs is 4. The highest BCUT2D eigenvalue weighted by molar-refractivity contribution is 6.13. The number of anilines is 2. The summed E-state index contributed by atoms with van der Waals surface area (Å²) in [4.78, 5) is 44.6. The summed E-state index contributed by atoms with van der Waals surface area (Å²) in [6.07, 6.45) is 10.4. The molecule has 13 nitrogen and oxygen atoms in total. The number of aliphatic hydroxyl groups is 2. The molecule has 2 aliphatic heterocycles. The first-order valence-electron chi connectivity index (χ1n) is 21.0. The van der Waals surface area contributed by atoms with Crippen LogP contribution in [0.3, 0.4) is 0 Å². The number of ketones is 1. The molecule has 4 aromatic heterocycles. The molecule has 0 saturated carbocycles. The molecule has 62 heavy (non-hydrogen) atoms. The summed E-state index contributed by atoms with van der Waals surface area (Å²) in [7, 11) is 0. The van der Waals surface area contributed by atoms with Gasteiger partial charge in [0.1, 0.15) is 45.9 Å². The van der Waals surface area contributed by atoms with Crippen LogP contribution in [0.5, 0.6) is 23.3 Å². The minimum absolute atomic E-state index is 0.000524. The van der Waals surface area contributed by atoms with Crippen molar-refractivity contribution in [2.24, 2.45) is 0 Å². The molecule has 4 atom stereocenters. The van der Waals surface area contributed by atoms with Crippen LogP contribution in [0.15, 0.2) is 85.7 Å². The second-order valence-electron chi connectivity index (χ2n) is 16.7. The van der Waals surface area contributed by atoms with Gasteiger partial charge in [0.15, 0.2) is 0 Å². The van der Waals surface area contributed by atoms with Crippen LogP contribution in [0.4, 0.5) is 20.2 Å². The Morgan fingerprint density at radius 1 is 0.661 bits per heavy atom. The van der Waals surface area contributed by atoms with E-state index in [1.54, 1.807) is 24.8 Å². The average molecular weight is 839 g/mol. The summed E-state index contributed by atoms with van der Waals surface area (Å²) in [5.74, 6) is 0.124. The lowest BCUT2D eigenvalue weighted by Crippen LogP contribution is -2.31. The summed E-state index contributed by atoms with van der Waals surface area (Å²) in [5.41, 5.74) is 4.54. The molecule has 6 heterocycles. The topological polar surface area (TPSA) is 160 Å². The van der Waals surface area contributed by atoms with Gasteiger partial charge in [0.05, 0.1) is 36.0 Å². The molecule has 2 spiro atoms. The zero-order valence-corrected chi connectivity index (χ0v) is 34.3. The average Bonchev–Trinajstić information content (AvgIpc) is 4.04. The van der Waals surface area contributed by atoms with Crippen LogP contribution in [0, 0.1) is 11.6 Å². The molecule has 2 saturated heterocycles. The predicted molar refractivity (Wildman–Crippen MR) is 224 cm³/mol. The molecule has 2 aliphatic carbocycles. The van der Waals surface area contributed by atoms with E-state index in [2.05, 4.69) is 29.9 Å². The maximum Gasteiger partial charge on any atom is 0.241 e. The minimum atomic E-state index is -0.760. The Hall–Kier alpha value is -6.45. The third kappa shape index (κ3) is 6.79. The molecule has 6 aromatic rings. The van der Waals surface area contributed by atoms with Crippen LogP contribution in [0.2, 0.25) is 0 Å². The smallest absolute Gasteiger partial charge is 0.241 e. The van der Waals surface area contributed by atoms with Crippen LogP contribution < -0.4 is 19.3 Å². The Balaban J connectivity index is 0.908. The second kappa shape index (κ2) is 15.5. The van der Waals surface area contributed by atoms with Crippen molar-refractivity contribution in [3.63, 3.8) is 0 Å². The van der Waals surface area contributed by atoms with Crippen molar-refractivity contribution in [2.45, 2.75) is 75.4 Å². The molecular formula is C47H44F2N8O5. The molecule has 2 fully saturated rings. The number of halogens is 2. The lowest BCUT2D eigenvalue weighted by Gasteiger charge is -2.28. The standard InChI is InChI=1S/C47H44F2N8O5/c1-3-35-44(52-13-11-50-35)61-29-5-7-33-31(19-29)39(58)21-46(33)9-15-56(25-46)37-17-27(48)23-54-41(37)43(60)42-38(18-28(49)24-55-42)57-16-10-47(26-57)22-40(59)32-20-30(6-8-34(32)47)62-45-36(4-2)51-12-14-53-45/h5-8,11-14,17-20,23-24,39-40,58-59H,3-4,9-10,15-16,21-22,25-26H2,1-2H3. The van der Waals surface area contributed by atoms with Crippen LogP contribution in [0.1, 0.15) is 102 Å². The molecule has 10 rings (SSSR count). The number of nitrogens with zero attached hydrogens (tertiary/aromatic N) is 8. The Morgan fingerprint density at radius 3 is 1.53 bits per heavy atom. The zero-order valence-electron chi connectivity index (χ0n) is 34.3. The second-order valence-corrected chi connectivity index (χ2v) is 16.7. The molecule has 4 unspecified atom stereocenters. The monoisotopic (exact) mass is 838 g/mol. The van der Waals surface area contributed by atoms with E-state index >= 15 is 8.78 Å². The van der Waals surface area contributed by atoms with Gasteiger partial charge in [-0.15, -0.1) is 0 Å². The normalized spacial score (nSPS) is 22.4. The quantitative estimate of drug-likeness (QED) is 0.131. The molecule has 2 N–H and O–H groups in total. The molecule has 0 amide bonds. The van der Waals surface area contributed by atoms with Gasteiger partial charge < -0.3 is 29.5 Å². The van der Waals surface area contributed by atoms with Gasteiger partial charge >= 0.3 is 0 Å². The van der Waals surface area contributed by atoms with Crippen molar-refractivity contribution in [3.05, 3.63) is 142 Å². The molecule has 0 bridgehead atoms. The first-order valence-corrected chi connectivity index (χ1v) is 21.0. The Kier molecular flexibility index (Phi) is 9.90. The van der Waals surface area contributed by atoms with Crippen molar-refractivity contribution in [2.75, 3.05) is 36.0 Å². The van der Waals surface area contributed by atoms with Gasteiger partial charge in [-0.2, -0.15) is 0 Å². The highest BCUT2D eigenvalue weighted by atomic mass is 19.1. The molecule has 4 aliphatic rings. The van der Waals surface area contributed by atoms with Crippen molar-refractivity contribution < 1.29 is 33.3 Å². The summed E-state index contributed by atoms with van der Waals surface area (Å²) >= 11 is 0. The van der Waals surface area contributed by atoms with E-state index < -0.39 is 40.5 Å². The number of aromatic nitrogens is 6. The van der Waals surface area contributed by atoms with Gasteiger partial charge in [-0.05, 0) is 85.0 Å². The number of rotatable bonds is 10. The van der Waals surface area contributed by atoms with Gasteiger partial charge in [0.2, 0.25) is 17.5 Å². The number of carbonyl (C=O) groups is 1. The van der Waals surface area contributed by atoms with Crippen LogP contribution in [0.25, 0.3) is 0 Å². The van der Waals surface area contributed by atoms with Crippen LogP contribution in [-0.4, -0.2) is 72.1 Å². The van der Waals surface area contributed by atoms with Crippen molar-refractivity contribution in [1.82, 2.24) is 29.9 Å². The van der Waals surface area contributed by atoms with Crippen molar-refractivity contribution in [1.29, 1.82) is 0 Å². The van der Waals surface area contributed by atoms with Gasteiger partial charge in [-0.25, -0.2) is 28.7 Å². The van der Waals surface area contributed by atoms with Gasteiger partial charge in [0, 0.05) is 73.9 Å². The Labute approximate surface area is 356 Å². The van der Waals surface area contributed by atoms with E-state index in [4.69, 9.17) is 9.47 Å². The summed E-state index contributed by atoms with van der Waals surface area (Å²) in [6.45, 7) is 5.70. The number of aliphatic hydroxyl groups excluding tert-OH is 2. The van der Waals surface area contributed by atoms with Gasteiger partial charge in [-0.1, -0.05) is 26.0 Å². The molecule has 15 heteroatoms. The van der Waals surface area contributed by atoms with E-state index in [1.807, 2.05) is 60.0 Å². The fourth-order valence-electron chi connectivity index (χ4n) is 10.2. The maximum absolute atomic E-state index is 15.1. The van der Waals surface area contributed by atoms with E-state index in [0.717, 1.165) is 46.0 Å². The maximum atomic E-state index is 15.1. The number of carbonyl (C=O) groups excluding carboxylic acids is 1. The number of pyridine rings is 2. The predicted octanol–water partition coefficient (Wildman–Crippen LogP) is 7.45. The highest BCUT2D eigenvalue weighted by Crippen LogP contribution is 2.54. The minimum Gasteiger partial charge on any atom is -0.437 e. The van der Waals surface area contributed by atoms with Crippen LogP contribution in [-0.2, 0) is 23.7 Å². The Bertz CT molecular complexity index is 2560. The number of hydrogen-bond donors (Lipinski definition) is 2.